The number of sulfonamides is 1. The Morgan fingerprint density at radius 1 is 1.18 bits per heavy atom. The van der Waals surface area contributed by atoms with E-state index in [1.807, 2.05) is 18.4 Å². The van der Waals surface area contributed by atoms with Gasteiger partial charge in [-0.05, 0) is 67.5 Å². The van der Waals surface area contributed by atoms with Crippen LogP contribution in [0, 0.1) is 12.7 Å². The molecule has 1 saturated heterocycles. The van der Waals surface area contributed by atoms with Crippen LogP contribution >= 0.6 is 11.3 Å². The molecule has 1 amide bonds. The van der Waals surface area contributed by atoms with Crippen LogP contribution in [0.1, 0.15) is 34.9 Å². The van der Waals surface area contributed by atoms with E-state index >= 15 is 0 Å². The fourth-order valence-electron chi connectivity index (χ4n) is 4.97. The first-order valence-electron chi connectivity index (χ1n) is 12.7. The first-order valence-corrected chi connectivity index (χ1v) is 15.1. The monoisotopic (exact) mass is 558 g/mol. The van der Waals surface area contributed by atoms with Crippen molar-refractivity contribution in [3.63, 3.8) is 0 Å². The van der Waals surface area contributed by atoms with Gasteiger partial charge in [0.25, 0.3) is 0 Å². The van der Waals surface area contributed by atoms with Crippen LogP contribution < -0.4 is 4.74 Å². The van der Waals surface area contributed by atoms with Crippen LogP contribution in [0.25, 0.3) is 0 Å². The fourth-order valence-corrected chi connectivity index (χ4v) is 7.32. The lowest BCUT2D eigenvalue weighted by Gasteiger charge is -2.37. The normalized spacial score (nSPS) is 19.5. The van der Waals surface area contributed by atoms with Crippen LogP contribution in [0.4, 0.5) is 4.39 Å². The number of halogens is 1. The van der Waals surface area contributed by atoms with Gasteiger partial charge in [0.15, 0.2) is 11.6 Å². The topological polar surface area (TPSA) is 76.2 Å². The lowest BCUT2D eigenvalue weighted by molar-refractivity contribution is -0.135. The zero-order valence-electron chi connectivity index (χ0n) is 21.2. The van der Waals surface area contributed by atoms with Crippen molar-refractivity contribution in [1.29, 1.82) is 0 Å². The predicted octanol–water partition coefficient (Wildman–Crippen LogP) is 4.57. The molecule has 1 aromatic heterocycles. The van der Waals surface area contributed by atoms with Gasteiger partial charge in [0.1, 0.15) is 6.61 Å². The van der Waals surface area contributed by atoms with Crippen LogP contribution in [-0.4, -0.2) is 62.5 Å². The quantitative estimate of drug-likeness (QED) is 0.385. The molecule has 202 valence electrons. The molecule has 0 bridgehead atoms. The van der Waals surface area contributed by atoms with Gasteiger partial charge >= 0.3 is 0 Å². The minimum Gasteiger partial charge on any atom is -0.488 e. The largest absolute Gasteiger partial charge is 0.488 e. The van der Waals surface area contributed by atoms with Gasteiger partial charge in [0.2, 0.25) is 15.9 Å². The molecule has 7 nitrogen and oxygen atoms in total. The molecule has 2 unspecified atom stereocenters. The summed E-state index contributed by atoms with van der Waals surface area (Å²) in [5.74, 6) is -0.680. The summed E-state index contributed by atoms with van der Waals surface area (Å²) < 4.78 is 54.4. The summed E-state index contributed by atoms with van der Waals surface area (Å²) in [5, 5.41) is 1.97. The third-order valence-corrected chi connectivity index (χ3v) is 9.87. The van der Waals surface area contributed by atoms with Crippen molar-refractivity contribution in [2.45, 2.75) is 43.2 Å². The first kappa shape index (κ1) is 26.8. The van der Waals surface area contributed by atoms with E-state index in [4.69, 9.17) is 9.47 Å². The van der Waals surface area contributed by atoms with Crippen LogP contribution in [0.5, 0.6) is 5.75 Å². The Morgan fingerprint density at radius 3 is 2.71 bits per heavy atom. The molecule has 10 heteroatoms. The molecule has 0 spiro atoms. The second kappa shape index (κ2) is 11.5. The number of hydrogen-bond acceptors (Lipinski definition) is 6. The highest BCUT2D eigenvalue weighted by molar-refractivity contribution is 7.89. The van der Waals surface area contributed by atoms with Crippen molar-refractivity contribution in [2.75, 3.05) is 32.8 Å². The number of carbonyl (C=O) groups is 1. The molecule has 3 aromatic rings. The molecule has 0 radical (unpaired) electrons. The van der Waals surface area contributed by atoms with Crippen molar-refractivity contribution in [2.24, 2.45) is 0 Å². The van der Waals surface area contributed by atoms with Gasteiger partial charge in [-0.3, -0.25) is 4.79 Å². The first-order chi connectivity index (χ1) is 18.3. The van der Waals surface area contributed by atoms with Crippen molar-refractivity contribution in [3.05, 3.63) is 81.8 Å². The Bertz CT molecular complexity index is 1370. The molecule has 2 aliphatic rings. The number of thiophene rings is 1. The number of aryl methyl sites for hydroxylation is 1. The van der Waals surface area contributed by atoms with E-state index in [9.17, 15) is 17.6 Å². The number of ether oxygens (including phenoxy) is 2. The molecule has 5 rings (SSSR count). The van der Waals surface area contributed by atoms with Gasteiger partial charge in [-0.2, -0.15) is 4.31 Å². The average Bonchev–Trinajstić information content (AvgIpc) is 3.60. The summed E-state index contributed by atoms with van der Waals surface area (Å²) >= 11 is 1.62. The van der Waals surface area contributed by atoms with E-state index in [2.05, 4.69) is 0 Å². The van der Waals surface area contributed by atoms with Crippen LogP contribution in [0.2, 0.25) is 0 Å². The molecular weight excluding hydrogens is 527 g/mol. The zero-order valence-corrected chi connectivity index (χ0v) is 22.8. The second-order valence-corrected chi connectivity index (χ2v) is 12.6. The summed E-state index contributed by atoms with van der Waals surface area (Å²) in [4.78, 5) is 16.8. The summed E-state index contributed by atoms with van der Waals surface area (Å²) in [6.07, 6.45) is 2.02. The minimum atomic E-state index is -3.94. The maximum atomic E-state index is 14.2. The summed E-state index contributed by atoms with van der Waals surface area (Å²) in [6, 6.07) is 14.3. The number of hydrogen-bond donors (Lipinski definition) is 0. The number of rotatable bonds is 9. The van der Waals surface area contributed by atoms with E-state index in [0.29, 0.717) is 19.6 Å². The highest BCUT2D eigenvalue weighted by Gasteiger charge is 2.36. The van der Waals surface area contributed by atoms with Gasteiger partial charge in [0.05, 0.1) is 23.6 Å². The SMILES string of the molecule is Cc1ccc(S(=O)(=O)N(CC(=O)N2CCc3sccc3C2COc2ccccc2F)CC2CCCO2)cc1. The minimum absolute atomic E-state index is 0.0624. The van der Waals surface area contributed by atoms with Crippen molar-refractivity contribution in [3.8, 4) is 5.75 Å². The highest BCUT2D eigenvalue weighted by Crippen LogP contribution is 2.34. The number of fused-ring (bicyclic) bond motifs is 1. The lowest BCUT2D eigenvalue weighted by atomic mass is 10.0. The summed E-state index contributed by atoms with van der Waals surface area (Å²) in [5.41, 5.74) is 1.90. The molecule has 0 aliphatic carbocycles. The van der Waals surface area contributed by atoms with E-state index in [1.54, 1.807) is 58.7 Å². The van der Waals surface area contributed by atoms with E-state index in [-0.39, 0.29) is 42.4 Å². The predicted molar refractivity (Wildman–Crippen MR) is 143 cm³/mol. The zero-order chi connectivity index (χ0) is 26.7. The number of carbonyl (C=O) groups excluding carboxylic acids is 1. The van der Waals surface area contributed by atoms with Gasteiger partial charge in [0, 0.05) is 24.6 Å². The molecule has 0 saturated carbocycles. The molecular formula is C28H31FN2O5S2. The standard InChI is InChI=1S/C28H31FN2O5S2/c1-20-8-10-22(11-9-20)38(33,34)30(17-21-5-4-15-35-21)18-28(32)31-14-12-27-23(13-16-37-27)25(31)19-36-26-7-3-2-6-24(26)29/h2-3,6-11,13,16,21,25H,4-5,12,14-15,17-19H2,1H3. The van der Waals surface area contributed by atoms with Gasteiger partial charge in [-0.15, -0.1) is 11.3 Å². The summed E-state index contributed by atoms with van der Waals surface area (Å²) in [6.45, 7) is 2.76. The lowest BCUT2D eigenvalue weighted by Crippen LogP contribution is -2.49. The molecule has 2 aliphatic heterocycles. The third kappa shape index (κ3) is 5.78. The molecule has 3 heterocycles. The van der Waals surface area contributed by atoms with Crippen molar-refractivity contribution in [1.82, 2.24) is 9.21 Å². The van der Waals surface area contributed by atoms with Crippen molar-refractivity contribution >= 4 is 27.3 Å². The number of nitrogens with zero attached hydrogens (tertiary/aromatic N) is 2. The Labute approximate surface area is 226 Å². The molecule has 38 heavy (non-hydrogen) atoms. The van der Waals surface area contributed by atoms with E-state index in [1.165, 1.54) is 10.4 Å². The van der Waals surface area contributed by atoms with Crippen molar-refractivity contribution < 1.29 is 27.1 Å². The van der Waals surface area contributed by atoms with Gasteiger partial charge in [-0.1, -0.05) is 29.8 Å². The number of benzene rings is 2. The molecule has 1 fully saturated rings. The van der Waals surface area contributed by atoms with Crippen LogP contribution in [0.15, 0.2) is 64.9 Å². The number of amides is 1. The highest BCUT2D eigenvalue weighted by atomic mass is 32.2. The van der Waals surface area contributed by atoms with Crippen LogP contribution in [-0.2, 0) is 26.0 Å². The second-order valence-electron chi connectivity index (χ2n) is 9.64. The smallest absolute Gasteiger partial charge is 0.243 e. The van der Waals surface area contributed by atoms with Crippen LogP contribution in [0.3, 0.4) is 0 Å². The Balaban J connectivity index is 1.39. The van der Waals surface area contributed by atoms with Gasteiger partial charge < -0.3 is 14.4 Å². The van der Waals surface area contributed by atoms with E-state index in [0.717, 1.165) is 28.8 Å². The van der Waals surface area contributed by atoms with E-state index < -0.39 is 21.9 Å². The maximum Gasteiger partial charge on any atom is 0.243 e. The molecule has 2 atom stereocenters. The average molecular weight is 559 g/mol. The number of para-hydroxylation sites is 1. The Morgan fingerprint density at radius 2 is 1.97 bits per heavy atom. The Hall–Kier alpha value is -2.79. The third-order valence-electron chi connectivity index (χ3n) is 7.05. The van der Waals surface area contributed by atoms with Gasteiger partial charge in [-0.25, -0.2) is 12.8 Å². The fraction of sp³-hybridized carbons (Fsp3) is 0.393. The molecule has 2 aromatic carbocycles. The molecule has 0 N–H and O–H groups in total. The summed E-state index contributed by atoms with van der Waals surface area (Å²) in [7, 11) is -3.94. The Kier molecular flexibility index (Phi) is 8.13. The maximum absolute atomic E-state index is 14.2.